The third-order valence-electron chi connectivity index (χ3n) is 4.35. The zero-order chi connectivity index (χ0) is 20.1. The van der Waals surface area contributed by atoms with Gasteiger partial charge in [-0.2, -0.15) is 0 Å². The molecule has 7 nitrogen and oxygen atoms in total. The SMILES string of the molecule is CC[C@H](C)[C@@H](NC(=O)COc1cc2oc(=O)cc(C)c2cc1Cl)C(=O)OC. The first-order chi connectivity index (χ1) is 12.8. The molecular formula is C19H22ClNO6. The lowest BCUT2D eigenvalue weighted by Gasteiger charge is -2.21. The molecule has 0 aliphatic rings. The van der Waals surface area contributed by atoms with Crippen molar-refractivity contribution in [3.63, 3.8) is 0 Å². The topological polar surface area (TPSA) is 94.8 Å². The van der Waals surface area contributed by atoms with Gasteiger partial charge in [0.25, 0.3) is 5.91 Å². The fourth-order valence-electron chi connectivity index (χ4n) is 2.58. The number of hydrogen-bond acceptors (Lipinski definition) is 6. The summed E-state index contributed by atoms with van der Waals surface area (Å²) in [4.78, 5) is 35.6. The number of benzene rings is 1. The van der Waals surface area contributed by atoms with E-state index < -0.39 is 23.5 Å². The van der Waals surface area contributed by atoms with Gasteiger partial charge < -0.3 is 19.2 Å². The minimum absolute atomic E-state index is 0.0945. The lowest BCUT2D eigenvalue weighted by atomic mass is 9.99. The smallest absolute Gasteiger partial charge is 0.336 e. The Morgan fingerprint density at radius 2 is 2.00 bits per heavy atom. The molecule has 27 heavy (non-hydrogen) atoms. The van der Waals surface area contributed by atoms with Gasteiger partial charge in [-0.1, -0.05) is 31.9 Å². The predicted octanol–water partition coefficient (Wildman–Crippen LogP) is 2.84. The highest BCUT2D eigenvalue weighted by atomic mass is 35.5. The molecule has 2 rings (SSSR count). The number of esters is 1. The van der Waals surface area contributed by atoms with E-state index in [1.54, 1.807) is 13.0 Å². The summed E-state index contributed by atoms with van der Waals surface area (Å²) < 4.78 is 15.3. The molecular weight excluding hydrogens is 374 g/mol. The average molecular weight is 396 g/mol. The van der Waals surface area contributed by atoms with Crippen molar-refractivity contribution in [2.45, 2.75) is 33.2 Å². The van der Waals surface area contributed by atoms with Crippen LogP contribution < -0.4 is 15.7 Å². The zero-order valence-electron chi connectivity index (χ0n) is 15.6. The molecule has 2 aromatic rings. The number of methoxy groups -OCH3 is 1. The van der Waals surface area contributed by atoms with Crippen LogP contribution in [0.2, 0.25) is 5.02 Å². The van der Waals surface area contributed by atoms with Gasteiger partial charge in [0, 0.05) is 17.5 Å². The van der Waals surface area contributed by atoms with E-state index in [1.807, 2.05) is 13.8 Å². The lowest BCUT2D eigenvalue weighted by Crippen LogP contribution is -2.47. The third kappa shape index (κ3) is 5.01. The zero-order valence-corrected chi connectivity index (χ0v) is 16.4. The van der Waals surface area contributed by atoms with Crippen molar-refractivity contribution in [1.82, 2.24) is 5.32 Å². The lowest BCUT2D eigenvalue weighted by molar-refractivity contribution is -0.146. The van der Waals surface area contributed by atoms with E-state index in [0.29, 0.717) is 17.4 Å². The summed E-state index contributed by atoms with van der Waals surface area (Å²) in [6.45, 7) is 5.16. The number of carbonyl (C=O) groups excluding carboxylic acids is 2. The predicted molar refractivity (Wildman–Crippen MR) is 101 cm³/mol. The van der Waals surface area contributed by atoms with Crippen molar-refractivity contribution in [3.8, 4) is 5.75 Å². The first kappa shape index (κ1) is 20.8. The van der Waals surface area contributed by atoms with E-state index in [4.69, 9.17) is 25.5 Å². The number of amides is 1. The molecule has 1 N–H and O–H groups in total. The van der Waals surface area contributed by atoms with Crippen LogP contribution in [0.15, 0.2) is 27.4 Å². The summed E-state index contributed by atoms with van der Waals surface area (Å²) in [6.07, 6.45) is 0.690. The summed E-state index contributed by atoms with van der Waals surface area (Å²) in [7, 11) is 1.27. The molecule has 1 amide bonds. The molecule has 0 saturated heterocycles. The van der Waals surface area contributed by atoms with Gasteiger partial charge in [-0.3, -0.25) is 4.79 Å². The van der Waals surface area contributed by atoms with Crippen LogP contribution >= 0.6 is 11.6 Å². The maximum atomic E-state index is 12.2. The number of aryl methyl sites for hydroxylation is 1. The fourth-order valence-corrected chi connectivity index (χ4v) is 2.80. The summed E-state index contributed by atoms with van der Waals surface area (Å²) in [6, 6.07) is 3.68. The molecule has 8 heteroatoms. The van der Waals surface area contributed by atoms with Crippen LogP contribution in [-0.4, -0.2) is 31.6 Å². The first-order valence-electron chi connectivity index (χ1n) is 8.50. The standard InChI is InChI=1S/C19H22ClNO6/c1-5-10(2)18(19(24)25-4)21-16(22)9-26-15-8-14-12(7-13(15)20)11(3)6-17(23)27-14/h6-8,10,18H,5,9H2,1-4H3,(H,21,22)/t10-,18+/m0/s1. The van der Waals surface area contributed by atoms with Crippen molar-refractivity contribution in [3.05, 3.63) is 39.2 Å². The maximum Gasteiger partial charge on any atom is 0.336 e. The van der Waals surface area contributed by atoms with Crippen LogP contribution in [0.4, 0.5) is 0 Å². The summed E-state index contributed by atoms with van der Waals surface area (Å²) in [5.41, 5.74) is 0.550. The van der Waals surface area contributed by atoms with Gasteiger partial charge in [0.1, 0.15) is 17.4 Å². The Hall–Kier alpha value is -2.54. The van der Waals surface area contributed by atoms with Gasteiger partial charge >= 0.3 is 11.6 Å². The molecule has 146 valence electrons. The van der Waals surface area contributed by atoms with Crippen LogP contribution in [-0.2, 0) is 14.3 Å². The molecule has 0 saturated carbocycles. The van der Waals surface area contributed by atoms with Gasteiger partial charge in [-0.25, -0.2) is 9.59 Å². The van der Waals surface area contributed by atoms with Gasteiger partial charge in [-0.05, 0) is 24.5 Å². The van der Waals surface area contributed by atoms with Crippen molar-refractivity contribution in [2.24, 2.45) is 5.92 Å². The number of hydrogen-bond donors (Lipinski definition) is 1. The Morgan fingerprint density at radius 3 is 2.63 bits per heavy atom. The molecule has 0 aliphatic carbocycles. The van der Waals surface area contributed by atoms with Crippen LogP contribution in [0.3, 0.4) is 0 Å². The van der Waals surface area contributed by atoms with Crippen LogP contribution in [0.25, 0.3) is 11.0 Å². The second kappa shape index (κ2) is 8.90. The number of rotatable bonds is 7. The molecule has 1 aromatic carbocycles. The van der Waals surface area contributed by atoms with Gasteiger partial charge in [-0.15, -0.1) is 0 Å². The molecule has 0 aliphatic heterocycles. The van der Waals surface area contributed by atoms with Gasteiger partial charge in [0.2, 0.25) is 0 Å². The maximum absolute atomic E-state index is 12.2. The third-order valence-corrected chi connectivity index (χ3v) is 4.64. The van der Waals surface area contributed by atoms with Crippen molar-refractivity contribution in [2.75, 3.05) is 13.7 Å². The second-order valence-corrected chi connectivity index (χ2v) is 6.68. The summed E-state index contributed by atoms with van der Waals surface area (Å²) in [5.74, 6) is -0.902. The van der Waals surface area contributed by atoms with Crippen molar-refractivity contribution >= 4 is 34.4 Å². The summed E-state index contributed by atoms with van der Waals surface area (Å²) in [5, 5.41) is 3.56. The molecule has 0 radical (unpaired) electrons. The second-order valence-electron chi connectivity index (χ2n) is 6.27. The normalized spacial score (nSPS) is 13.1. The van der Waals surface area contributed by atoms with Gasteiger partial charge in [0.05, 0.1) is 12.1 Å². The first-order valence-corrected chi connectivity index (χ1v) is 8.88. The molecule has 0 fully saturated rings. The molecule has 2 atom stereocenters. The fraction of sp³-hybridized carbons (Fsp3) is 0.421. The van der Waals surface area contributed by atoms with Crippen LogP contribution in [0.1, 0.15) is 25.8 Å². The monoisotopic (exact) mass is 395 g/mol. The van der Waals surface area contributed by atoms with E-state index in [9.17, 15) is 14.4 Å². The highest BCUT2D eigenvalue weighted by Crippen LogP contribution is 2.30. The van der Waals surface area contributed by atoms with Crippen molar-refractivity contribution in [1.29, 1.82) is 0 Å². The number of nitrogens with one attached hydrogen (secondary N) is 1. The highest BCUT2D eigenvalue weighted by Gasteiger charge is 2.26. The number of halogens is 1. The quantitative estimate of drug-likeness (QED) is 0.572. The molecule has 0 spiro atoms. The largest absolute Gasteiger partial charge is 0.482 e. The Morgan fingerprint density at radius 1 is 1.30 bits per heavy atom. The van der Waals surface area contributed by atoms with E-state index in [1.165, 1.54) is 19.2 Å². The van der Waals surface area contributed by atoms with Crippen molar-refractivity contribution < 1.29 is 23.5 Å². The Bertz CT molecular complexity index is 907. The molecule has 0 unspecified atom stereocenters. The molecule has 1 aromatic heterocycles. The minimum atomic E-state index is -0.760. The Labute approximate surface area is 161 Å². The van der Waals surface area contributed by atoms with Crippen LogP contribution in [0, 0.1) is 12.8 Å². The Kier molecular flexibility index (Phi) is 6.85. The minimum Gasteiger partial charge on any atom is -0.482 e. The number of fused-ring (bicyclic) bond motifs is 1. The van der Waals surface area contributed by atoms with E-state index >= 15 is 0 Å². The number of ether oxygens (including phenoxy) is 2. The van der Waals surface area contributed by atoms with E-state index in [0.717, 1.165) is 5.56 Å². The summed E-state index contributed by atoms with van der Waals surface area (Å²) >= 11 is 6.20. The van der Waals surface area contributed by atoms with Gasteiger partial charge in [0.15, 0.2) is 6.61 Å². The van der Waals surface area contributed by atoms with E-state index in [2.05, 4.69) is 5.32 Å². The Balaban J connectivity index is 2.13. The van der Waals surface area contributed by atoms with Crippen LogP contribution in [0.5, 0.6) is 5.75 Å². The molecule has 1 heterocycles. The van der Waals surface area contributed by atoms with E-state index in [-0.39, 0.29) is 23.3 Å². The average Bonchev–Trinajstić information content (AvgIpc) is 2.63. The number of carbonyl (C=O) groups is 2. The highest BCUT2D eigenvalue weighted by molar-refractivity contribution is 6.32. The molecule has 0 bridgehead atoms.